The van der Waals surface area contributed by atoms with Gasteiger partial charge in [0.2, 0.25) is 0 Å². The van der Waals surface area contributed by atoms with Gasteiger partial charge in [-0.3, -0.25) is 0 Å². The van der Waals surface area contributed by atoms with Crippen molar-refractivity contribution in [2.75, 3.05) is 11.9 Å². The van der Waals surface area contributed by atoms with Crippen LogP contribution in [0.2, 0.25) is 5.02 Å². The third kappa shape index (κ3) is 2.20. The van der Waals surface area contributed by atoms with Crippen LogP contribution in [0.4, 0.5) is 5.69 Å². The first kappa shape index (κ1) is 14.8. The summed E-state index contributed by atoms with van der Waals surface area (Å²) in [6.07, 6.45) is 3.29. The maximum Gasteiger partial charge on any atom is 0.0897 e. The Bertz CT molecular complexity index is 938. The molecule has 2 aliphatic heterocycles. The number of anilines is 1. The Morgan fingerprint density at radius 3 is 2.96 bits per heavy atom. The second-order valence-electron chi connectivity index (χ2n) is 6.53. The molecule has 122 valence electrons. The quantitative estimate of drug-likeness (QED) is 0.536. The van der Waals surface area contributed by atoms with Crippen molar-refractivity contribution in [2.45, 2.75) is 18.6 Å². The van der Waals surface area contributed by atoms with Crippen molar-refractivity contribution in [1.29, 1.82) is 0 Å². The van der Waals surface area contributed by atoms with E-state index < -0.39 is 0 Å². The molecule has 0 amide bonds. The zero-order chi connectivity index (χ0) is 16.3. The topological polar surface area (TPSA) is 37.0 Å². The van der Waals surface area contributed by atoms with Crippen LogP contribution in [0.15, 0.2) is 47.1 Å². The number of H-pyrrole nitrogens is 1. The Morgan fingerprint density at radius 2 is 2.04 bits per heavy atom. The van der Waals surface area contributed by atoms with Gasteiger partial charge in [-0.1, -0.05) is 27.5 Å². The normalized spacial score (nSPS) is 25.3. The number of nitrogens with one attached hydrogen (secondary N) is 2. The fourth-order valence-corrected chi connectivity index (χ4v) is 4.66. The van der Waals surface area contributed by atoms with E-state index in [0.29, 0.717) is 5.92 Å². The highest BCUT2D eigenvalue weighted by atomic mass is 79.9. The van der Waals surface area contributed by atoms with Crippen LogP contribution in [0.5, 0.6) is 0 Å². The predicted molar refractivity (Wildman–Crippen MR) is 101 cm³/mol. The van der Waals surface area contributed by atoms with E-state index in [0.717, 1.165) is 33.7 Å². The Hall–Kier alpha value is -1.49. The molecule has 24 heavy (non-hydrogen) atoms. The molecule has 0 bridgehead atoms. The largest absolute Gasteiger partial charge is 0.377 e. The van der Waals surface area contributed by atoms with E-state index in [9.17, 15) is 0 Å². The van der Waals surface area contributed by atoms with Crippen molar-refractivity contribution in [3.05, 3.63) is 63.2 Å². The van der Waals surface area contributed by atoms with Gasteiger partial charge < -0.3 is 15.0 Å². The third-order valence-corrected chi connectivity index (χ3v) is 5.94. The Kier molecular flexibility index (Phi) is 3.40. The molecular formula is C19H16BrClN2O. The standard InChI is InChI=1S/C19H16BrClN2O/c20-10-1-3-16-13(7-10)15(9-22-16)18-12-5-6-24-19(12)14-8-11(21)2-4-17(14)23-18/h1-4,7-9,12,18-19,22-23H,5-6H2/t12-,18+,19-/m0/s1. The van der Waals surface area contributed by atoms with Crippen LogP contribution < -0.4 is 5.32 Å². The summed E-state index contributed by atoms with van der Waals surface area (Å²) in [6.45, 7) is 0.797. The average molecular weight is 404 g/mol. The average Bonchev–Trinajstić information content (AvgIpc) is 3.21. The molecule has 1 saturated heterocycles. The van der Waals surface area contributed by atoms with E-state index in [1.807, 2.05) is 12.1 Å². The summed E-state index contributed by atoms with van der Waals surface area (Å²) in [7, 11) is 0. The molecule has 1 aromatic heterocycles. The van der Waals surface area contributed by atoms with E-state index in [1.165, 1.54) is 16.5 Å². The first-order valence-electron chi connectivity index (χ1n) is 8.15. The van der Waals surface area contributed by atoms with E-state index in [1.54, 1.807) is 0 Å². The number of aromatic nitrogens is 1. The second-order valence-corrected chi connectivity index (χ2v) is 7.88. The lowest BCUT2D eigenvalue weighted by Crippen LogP contribution is -2.29. The van der Waals surface area contributed by atoms with Gasteiger partial charge in [0.1, 0.15) is 0 Å². The molecule has 3 atom stereocenters. The highest BCUT2D eigenvalue weighted by molar-refractivity contribution is 9.10. The maximum atomic E-state index is 6.20. The summed E-state index contributed by atoms with van der Waals surface area (Å²) in [6, 6.07) is 12.6. The zero-order valence-corrected chi connectivity index (χ0v) is 15.2. The molecule has 2 N–H and O–H groups in total. The maximum absolute atomic E-state index is 6.20. The van der Waals surface area contributed by atoms with Gasteiger partial charge in [0.25, 0.3) is 0 Å². The zero-order valence-electron chi connectivity index (χ0n) is 12.9. The molecule has 5 heteroatoms. The highest BCUT2D eigenvalue weighted by Gasteiger charge is 2.42. The van der Waals surface area contributed by atoms with Gasteiger partial charge in [0, 0.05) is 55.9 Å². The minimum atomic E-state index is 0.113. The molecule has 0 unspecified atom stereocenters. The second kappa shape index (κ2) is 5.51. The fraction of sp³-hybridized carbons (Fsp3) is 0.263. The molecule has 3 heterocycles. The van der Waals surface area contributed by atoms with Gasteiger partial charge in [-0.2, -0.15) is 0 Å². The summed E-state index contributed by atoms with van der Waals surface area (Å²) in [4.78, 5) is 3.40. The number of ether oxygens (including phenoxy) is 1. The van der Waals surface area contributed by atoms with Crippen molar-refractivity contribution in [3.63, 3.8) is 0 Å². The molecule has 0 aliphatic carbocycles. The lowest BCUT2D eigenvalue weighted by molar-refractivity contribution is 0.0830. The number of halogens is 2. The number of benzene rings is 2. The summed E-state index contributed by atoms with van der Waals surface area (Å²) in [5, 5.41) is 5.75. The molecule has 5 rings (SSSR count). The number of rotatable bonds is 1. The Balaban J connectivity index is 1.65. The highest BCUT2D eigenvalue weighted by Crippen LogP contribution is 2.51. The van der Waals surface area contributed by atoms with Crippen molar-refractivity contribution in [1.82, 2.24) is 4.98 Å². The smallest absolute Gasteiger partial charge is 0.0897 e. The monoisotopic (exact) mass is 402 g/mol. The molecule has 1 fully saturated rings. The van der Waals surface area contributed by atoms with Crippen LogP contribution in [0.1, 0.15) is 29.7 Å². The summed E-state index contributed by atoms with van der Waals surface area (Å²) >= 11 is 9.80. The van der Waals surface area contributed by atoms with Crippen LogP contribution in [0.3, 0.4) is 0 Å². The van der Waals surface area contributed by atoms with Crippen LogP contribution in [-0.2, 0) is 4.74 Å². The molecular weight excluding hydrogens is 388 g/mol. The number of aromatic amines is 1. The van der Waals surface area contributed by atoms with E-state index >= 15 is 0 Å². The lowest BCUT2D eigenvalue weighted by atomic mass is 9.81. The number of hydrogen-bond acceptors (Lipinski definition) is 2. The predicted octanol–water partition coefficient (Wildman–Crippen LogP) is 5.83. The first-order valence-corrected chi connectivity index (χ1v) is 9.32. The number of fused-ring (bicyclic) bond motifs is 4. The molecule has 2 aromatic carbocycles. The van der Waals surface area contributed by atoms with Crippen molar-refractivity contribution in [2.24, 2.45) is 5.92 Å². The summed E-state index contributed by atoms with van der Waals surface area (Å²) in [5.41, 5.74) is 4.76. The van der Waals surface area contributed by atoms with Crippen molar-refractivity contribution < 1.29 is 4.74 Å². The van der Waals surface area contributed by atoms with E-state index in [2.05, 4.69) is 56.7 Å². The van der Waals surface area contributed by atoms with Gasteiger partial charge in [0.05, 0.1) is 12.1 Å². The van der Waals surface area contributed by atoms with Crippen LogP contribution in [0, 0.1) is 5.92 Å². The Morgan fingerprint density at radius 1 is 1.12 bits per heavy atom. The van der Waals surface area contributed by atoms with Gasteiger partial charge in [-0.15, -0.1) is 0 Å². The van der Waals surface area contributed by atoms with E-state index in [4.69, 9.17) is 16.3 Å². The molecule has 3 nitrogen and oxygen atoms in total. The fourth-order valence-electron chi connectivity index (χ4n) is 4.12. The van der Waals surface area contributed by atoms with Gasteiger partial charge in [0.15, 0.2) is 0 Å². The molecule has 0 saturated carbocycles. The third-order valence-electron chi connectivity index (χ3n) is 5.21. The van der Waals surface area contributed by atoms with Crippen molar-refractivity contribution in [3.8, 4) is 0 Å². The van der Waals surface area contributed by atoms with Crippen LogP contribution in [0.25, 0.3) is 10.9 Å². The van der Waals surface area contributed by atoms with Gasteiger partial charge in [-0.25, -0.2) is 0 Å². The van der Waals surface area contributed by atoms with Crippen LogP contribution in [-0.4, -0.2) is 11.6 Å². The first-order chi connectivity index (χ1) is 11.7. The molecule has 2 aliphatic rings. The summed E-state index contributed by atoms with van der Waals surface area (Å²) < 4.78 is 7.18. The minimum Gasteiger partial charge on any atom is -0.377 e. The van der Waals surface area contributed by atoms with Crippen LogP contribution >= 0.6 is 27.5 Å². The Labute approximate surface area is 153 Å². The van der Waals surface area contributed by atoms with E-state index in [-0.39, 0.29) is 12.1 Å². The van der Waals surface area contributed by atoms with Crippen molar-refractivity contribution >= 4 is 44.1 Å². The number of hydrogen-bond donors (Lipinski definition) is 2. The molecule has 0 spiro atoms. The SMILES string of the molecule is Clc1ccc2c(c1)[C@H]1OCC[C@H]1[C@H](c1c[nH]c3ccc(Br)cc13)N2. The summed E-state index contributed by atoms with van der Waals surface area (Å²) in [5.74, 6) is 0.411. The minimum absolute atomic E-state index is 0.113. The van der Waals surface area contributed by atoms with Gasteiger partial charge >= 0.3 is 0 Å². The molecule has 0 radical (unpaired) electrons. The lowest BCUT2D eigenvalue weighted by Gasteiger charge is -2.36. The molecule has 3 aromatic rings. The van der Waals surface area contributed by atoms with Gasteiger partial charge in [-0.05, 0) is 42.8 Å².